The molecule has 1 unspecified atom stereocenters. The number of nitrogens with zero attached hydrogens (tertiary/aromatic N) is 2. The molecule has 1 heterocycles. The molecule has 126 valence electrons. The van der Waals surface area contributed by atoms with Crippen molar-refractivity contribution in [3.63, 3.8) is 0 Å². The maximum Gasteiger partial charge on any atom is 0.257 e. The fourth-order valence-electron chi connectivity index (χ4n) is 2.05. The normalized spacial score (nSPS) is 13.0. The molecule has 0 fully saturated rings. The van der Waals surface area contributed by atoms with Gasteiger partial charge in [0, 0.05) is 23.7 Å². The number of sulfonamides is 1. The third-order valence-electron chi connectivity index (χ3n) is 3.31. The maximum atomic E-state index is 11.8. The Hall–Kier alpha value is -1.93. The van der Waals surface area contributed by atoms with Crippen molar-refractivity contribution >= 4 is 15.7 Å². The lowest BCUT2D eigenvalue weighted by Gasteiger charge is -2.07. The van der Waals surface area contributed by atoms with Crippen molar-refractivity contribution in [2.75, 3.05) is 17.5 Å². The second-order valence-electron chi connectivity index (χ2n) is 5.41. The average Bonchev–Trinajstić information content (AvgIpc) is 2.95. The molecule has 8 heteroatoms. The van der Waals surface area contributed by atoms with Crippen molar-refractivity contribution in [1.82, 2.24) is 15.5 Å². The lowest BCUT2D eigenvalue weighted by molar-refractivity contribution is 0.418. The zero-order chi connectivity index (χ0) is 16.9. The van der Waals surface area contributed by atoms with Gasteiger partial charge < -0.3 is 9.84 Å². The van der Waals surface area contributed by atoms with Crippen LogP contribution in [0.5, 0.6) is 0 Å². The first-order chi connectivity index (χ1) is 10.9. The minimum absolute atomic E-state index is 0.0871. The molecule has 0 aliphatic heterocycles. The topological polar surface area (TPSA) is 97.1 Å². The molecular formula is C15H22N4O3S. The average molecular weight is 338 g/mol. The quantitative estimate of drug-likeness (QED) is 0.764. The molecule has 1 aromatic carbocycles. The summed E-state index contributed by atoms with van der Waals surface area (Å²) in [4.78, 5) is 4.35. The lowest BCUT2D eigenvalue weighted by Crippen LogP contribution is -2.24. The van der Waals surface area contributed by atoms with Crippen molar-refractivity contribution in [3.8, 4) is 11.5 Å². The van der Waals surface area contributed by atoms with E-state index in [-0.39, 0.29) is 11.8 Å². The Morgan fingerprint density at radius 2 is 2.13 bits per heavy atom. The van der Waals surface area contributed by atoms with E-state index in [2.05, 4.69) is 20.2 Å². The van der Waals surface area contributed by atoms with Gasteiger partial charge in [-0.2, -0.15) is 4.98 Å². The molecule has 0 radical (unpaired) electrons. The van der Waals surface area contributed by atoms with Gasteiger partial charge in [0.25, 0.3) is 5.89 Å². The highest BCUT2D eigenvalue weighted by Crippen LogP contribution is 2.22. The van der Waals surface area contributed by atoms with Crippen LogP contribution in [0.4, 0.5) is 5.69 Å². The molecule has 2 rings (SSSR count). The standard InChI is InChI=1S/C15H22N4O3S/c1-4-8-23(20,21)19-13-7-5-6-12(10-13)15-17-14(18-22-15)9-11(2)16-3/h5-7,10-11,16,19H,4,8-9H2,1-3H3. The number of hydrogen-bond acceptors (Lipinski definition) is 6. The van der Waals surface area contributed by atoms with E-state index in [1.807, 2.05) is 20.9 Å². The summed E-state index contributed by atoms with van der Waals surface area (Å²) in [6.07, 6.45) is 1.22. The van der Waals surface area contributed by atoms with Crippen molar-refractivity contribution in [2.24, 2.45) is 0 Å². The van der Waals surface area contributed by atoms with Gasteiger partial charge in [-0.05, 0) is 38.6 Å². The van der Waals surface area contributed by atoms with E-state index in [1.165, 1.54) is 0 Å². The summed E-state index contributed by atoms with van der Waals surface area (Å²) in [5, 5.41) is 7.06. The minimum Gasteiger partial charge on any atom is -0.334 e. The summed E-state index contributed by atoms with van der Waals surface area (Å²) in [7, 11) is -1.45. The van der Waals surface area contributed by atoms with Crippen LogP contribution in [-0.2, 0) is 16.4 Å². The second-order valence-corrected chi connectivity index (χ2v) is 7.25. The van der Waals surface area contributed by atoms with Crippen molar-refractivity contribution in [1.29, 1.82) is 0 Å². The zero-order valence-corrected chi connectivity index (χ0v) is 14.4. The predicted octanol–water partition coefficient (Wildman–Crippen LogP) is 2.04. The second kappa shape index (κ2) is 7.56. The molecule has 0 bridgehead atoms. The van der Waals surface area contributed by atoms with Gasteiger partial charge in [0.05, 0.1) is 5.75 Å². The van der Waals surface area contributed by atoms with Crippen LogP contribution >= 0.6 is 0 Å². The van der Waals surface area contributed by atoms with Gasteiger partial charge in [-0.3, -0.25) is 4.72 Å². The molecule has 0 amide bonds. The summed E-state index contributed by atoms with van der Waals surface area (Å²) in [5.74, 6) is 1.07. The first kappa shape index (κ1) is 17.4. The van der Waals surface area contributed by atoms with Gasteiger partial charge in [0.1, 0.15) is 0 Å². The van der Waals surface area contributed by atoms with Crippen LogP contribution < -0.4 is 10.0 Å². The van der Waals surface area contributed by atoms with Gasteiger partial charge in [-0.25, -0.2) is 8.42 Å². The Bertz CT molecular complexity index is 743. The fraction of sp³-hybridized carbons (Fsp3) is 0.467. The largest absolute Gasteiger partial charge is 0.334 e. The van der Waals surface area contributed by atoms with Gasteiger partial charge in [0.2, 0.25) is 10.0 Å². The highest BCUT2D eigenvalue weighted by atomic mass is 32.2. The molecule has 0 saturated carbocycles. The van der Waals surface area contributed by atoms with Crippen LogP contribution in [0.2, 0.25) is 0 Å². The molecule has 2 aromatic rings. The van der Waals surface area contributed by atoms with Crippen LogP contribution in [0.15, 0.2) is 28.8 Å². The van der Waals surface area contributed by atoms with Crippen LogP contribution in [0.1, 0.15) is 26.1 Å². The summed E-state index contributed by atoms with van der Waals surface area (Å²) in [6, 6.07) is 7.17. The Kier molecular flexibility index (Phi) is 5.73. The Morgan fingerprint density at radius 3 is 2.83 bits per heavy atom. The predicted molar refractivity (Wildman–Crippen MR) is 89.7 cm³/mol. The monoisotopic (exact) mass is 338 g/mol. The zero-order valence-electron chi connectivity index (χ0n) is 13.5. The summed E-state index contributed by atoms with van der Waals surface area (Å²) >= 11 is 0. The van der Waals surface area contributed by atoms with Gasteiger partial charge in [-0.1, -0.05) is 18.1 Å². The first-order valence-electron chi connectivity index (χ1n) is 7.54. The molecule has 2 N–H and O–H groups in total. The van der Waals surface area contributed by atoms with E-state index >= 15 is 0 Å². The van der Waals surface area contributed by atoms with E-state index in [4.69, 9.17) is 4.52 Å². The highest BCUT2D eigenvalue weighted by Gasteiger charge is 2.13. The van der Waals surface area contributed by atoms with Gasteiger partial charge >= 0.3 is 0 Å². The third kappa shape index (κ3) is 5.04. The smallest absolute Gasteiger partial charge is 0.257 e. The molecule has 1 atom stereocenters. The molecule has 7 nitrogen and oxygen atoms in total. The fourth-order valence-corrected chi connectivity index (χ4v) is 3.17. The number of rotatable bonds is 8. The summed E-state index contributed by atoms with van der Waals surface area (Å²) in [5.41, 5.74) is 1.16. The number of benzene rings is 1. The van der Waals surface area contributed by atoms with Crippen molar-refractivity contribution in [2.45, 2.75) is 32.7 Å². The molecule has 23 heavy (non-hydrogen) atoms. The molecule has 0 spiro atoms. The molecule has 0 saturated heterocycles. The number of anilines is 1. The first-order valence-corrected chi connectivity index (χ1v) is 9.19. The lowest BCUT2D eigenvalue weighted by atomic mass is 10.2. The Balaban J connectivity index is 2.17. The van der Waals surface area contributed by atoms with Crippen LogP contribution in [-0.4, -0.2) is 37.4 Å². The van der Waals surface area contributed by atoms with Crippen LogP contribution in [0, 0.1) is 0 Å². The molecule has 1 aromatic heterocycles. The van der Waals surface area contributed by atoms with Gasteiger partial charge in [-0.15, -0.1) is 0 Å². The SMILES string of the molecule is CCCS(=O)(=O)Nc1cccc(-c2nc(CC(C)NC)no2)c1. The van der Waals surface area contributed by atoms with E-state index in [9.17, 15) is 8.42 Å². The van der Waals surface area contributed by atoms with Crippen molar-refractivity contribution < 1.29 is 12.9 Å². The van der Waals surface area contributed by atoms with Crippen LogP contribution in [0.3, 0.4) is 0 Å². The Morgan fingerprint density at radius 1 is 1.35 bits per heavy atom. The number of hydrogen-bond donors (Lipinski definition) is 2. The maximum absolute atomic E-state index is 11.8. The Labute approximate surface area is 136 Å². The highest BCUT2D eigenvalue weighted by molar-refractivity contribution is 7.92. The van der Waals surface area contributed by atoms with Crippen molar-refractivity contribution in [3.05, 3.63) is 30.1 Å². The summed E-state index contributed by atoms with van der Waals surface area (Å²) in [6.45, 7) is 3.85. The van der Waals surface area contributed by atoms with Gasteiger partial charge in [0.15, 0.2) is 5.82 Å². The molecular weight excluding hydrogens is 316 g/mol. The summed E-state index contributed by atoms with van der Waals surface area (Å²) < 4.78 is 31.5. The van der Waals surface area contributed by atoms with Crippen LogP contribution in [0.25, 0.3) is 11.5 Å². The molecule has 0 aliphatic carbocycles. The number of nitrogens with one attached hydrogen (secondary N) is 2. The molecule has 0 aliphatic rings. The van der Waals surface area contributed by atoms with E-state index in [0.717, 1.165) is 0 Å². The number of likely N-dealkylation sites (N-methyl/N-ethyl adjacent to an activating group) is 1. The third-order valence-corrected chi connectivity index (χ3v) is 4.80. The minimum atomic E-state index is -3.32. The van der Waals surface area contributed by atoms with E-state index in [0.29, 0.717) is 35.8 Å². The van der Waals surface area contributed by atoms with E-state index < -0.39 is 10.0 Å². The van der Waals surface area contributed by atoms with E-state index in [1.54, 1.807) is 24.3 Å². The number of aromatic nitrogens is 2.